The minimum atomic E-state index is -0.361. The third-order valence-electron chi connectivity index (χ3n) is 2.99. The van der Waals surface area contributed by atoms with Gasteiger partial charge >= 0.3 is 0 Å². The molecule has 4 nitrogen and oxygen atoms in total. The fraction of sp³-hybridized carbons (Fsp3) is 0.143. The summed E-state index contributed by atoms with van der Waals surface area (Å²) in [6, 6.07) is 7.37. The highest BCUT2D eigenvalue weighted by Gasteiger charge is 2.18. The number of nitrogens with two attached hydrogens (primary N) is 1. The Morgan fingerprint density at radius 1 is 1.20 bits per heavy atom. The summed E-state index contributed by atoms with van der Waals surface area (Å²) in [6.07, 6.45) is 0.457. The summed E-state index contributed by atoms with van der Waals surface area (Å²) in [5.74, 6) is 5.38. The predicted molar refractivity (Wildman–Crippen MR) is 80.1 cm³/mol. The number of nitrogen functional groups attached to an aromatic ring is 1. The van der Waals surface area contributed by atoms with Gasteiger partial charge < -0.3 is 5.84 Å². The first-order chi connectivity index (χ1) is 9.45. The number of pyridine rings is 1. The fourth-order valence-corrected chi connectivity index (χ4v) is 2.47. The van der Waals surface area contributed by atoms with E-state index in [-0.39, 0.29) is 16.4 Å². The first-order valence-corrected chi connectivity index (χ1v) is 6.71. The predicted octanol–water partition coefficient (Wildman–Crippen LogP) is 2.66. The van der Waals surface area contributed by atoms with Crippen molar-refractivity contribution >= 4 is 29.0 Å². The second-order valence-corrected chi connectivity index (χ2v) is 5.05. The van der Waals surface area contributed by atoms with Crippen molar-refractivity contribution < 1.29 is 4.79 Å². The molecule has 20 heavy (non-hydrogen) atoms. The van der Waals surface area contributed by atoms with Crippen molar-refractivity contribution in [3.05, 3.63) is 67.6 Å². The van der Waals surface area contributed by atoms with Crippen molar-refractivity contribution in [2.45, 2.75) is 13.3 Å². The molecule has 1 heterocycles. The van der Waals surface area contributed by atoms with Gasteiger partial charge in [0, 0.05) is 22.2 Å². The highest BCUT2D eigenvalue weighted by Crippen LogP contribution is 2.24. The third kappa shape index (κ3) is 2.57. The first-order valence-electron chi connectivity index (χ1n) is 5.95. The minimum absolute atomic E-state index is 0.263. The molecule has 0 atom stereocenters. The van der Waals surface area contributed by atoms with Crippen molar-refractivity contribution in [3.63, 3.8) is 0 Å². The maximum absolute atomic E-state index is 12.5. The Morgan fingerprint density at radius 3 is 2.45 bits per heavy atom. The van der Waals surface area contributed by atoms with E-state index in [4.69, 9.17) is 29.0 Å². The second kappa shape index (κ2) is 5.69. The summed E-state index contributed by atoms with van der Waals surface area (Å²) in [5, 5.41) is 0.713. The zero-order valence-electron chi connectivity index (χ0n) is 10.7. The number of benzene rings is 1. The SMILES string of the molecule is CCc1c(C(=O)c2ccc(Cl)cc2Cl)ccc(=O)n1N. The standard InChI is InChI=1S/C14H12Cl2N2O2/c1-2-12-10(5-6-13(19)18(12)17)14(20)9-4-3-8(15)7-11(9)16/h3-7H,2,17H2,1H3. The van der Waals surface area contributed by atoms with Gasteiger partial charge in [-0.2, -0.15) is 0 Å². The number of hydrogen-bond donors (Lipinski definition) is 1. The van der Waals surface area contributed by atoms with Crippen molar-refractivity contribution in [2.75, 3.05) is 5.84 Å². The van der Waals surface area contributed by atoms with Crippen LogP contribution in [0.1, 0.15) is 28.5 Å². The molecule has 0 aliphatic carbocycles. The first kappa shape index (κ1) is 14.6. The van der Waals surface area contributed by atoms with E-state index in [1.807, 2.05) is 6.92 Å². The van der Waals surface area contributed by atoms with E-state index in [1.54, 1.807) is 12.1 Å². The largest absolute Gasteiger partial charge is 0.336 e. The Bertz CT molecular complexity index is 738. The Kier molecular flexibility index (Phi) is 4.16. The molecule has 0 bridgehead atoms. The van der Waals surface area contributed by atoms with Crippen LogP contribution in [0.4, 0.5) is 0 Å². The zero-order chi connectivity index (χ0) is 14.9. The molecule has 0 fully saturated rings. The number of nitrogens with zero attached hydrogens (tertiary/aromatic N) is 1. The topological polar surface area (TPSA) is 65.1 Å². The molecule has 2 aromatic rings. The maximum Gasteiger partial charge on any atom is 0.268 e. The second-order valence-electron chi connectivity index (χ2n) is 4.21. The van der Waals surface area contributed by atoms with E-state index in [9.17, 15) is 9.59 Å². The Hall–Kier alpha value is -1.78. The van der Waals surface area contributed by atoms with E-state index >= 15 is 0 Å². The third-order valence-corrected chi connectivity index (χ3v) is 3.53. The molecule has 0 unspecified atom stereocenters. The average Bonchev–Trinajstić information content (AvgIpc) is 2.41. The molecule has 1 aromatic heterocycles. The van der Waals surface area contributed by atoms with Crippen LogP contribution in [-0.2, 0) is 6.42 Å². The molecule has 2 N–H and O–H groups in total. The average molecular weight is 311 g/mol. The number of rotatable bonds is 3. The van der Waals surface area contributed by atoms with Gasteiger partial charge in [0.15, 0.2) is 5.78 Å². The van der Waals surface area contributed by atoms with Crippen LogP contribution in [0.2, 0.25) is 10.0 Å². The lowest BCUT2D eigenvalue weighted by atomic mass is 10.0. The lowest BCUT2D eigenvalue weighted by molar-refractivity contribution is 0.103. The van der Waals surface area contributed by atoms with Gasteiger partial charge in [-0.3, -0.25) is 9.59 Å². The molecular formula is C14H12Cl2N2O2. The molecule has 0 saturated heterocycles. The monoisotopic (exact) mass is 310 g/mol. The van der Waals surface area contributed by atoms with Crippen LogP contribution in [0.25, 0.3) is 0 Å². The molecule has 1 aromatic carbocycles. The van der Waals surface area contributed by atoms with Gasteiger partial charge in [0.1, 0.15) is 0 Å². The molecular weight excluding hydrogens is 299 g/mol. The van der Waals surface area contributed by atoms with E-state index in [2.05, 4.69) is 0 Å². The number of ketones is 1. The van der Waals surface area contributed by atoms with E-state index < -0.39 is 0 Å². The molecule has 0 aliphatic rings. The highest BCUT2D eigenvalue weighted by atomic mass is 35.5. The number of carbonyl (C=O) groups is 1. The van der Waals surface area contributed by atoms with Crippen LogP contribution >= 0.6 is 23.2 Å². The van der Waals surface area contributed by atoms with E-state index in [0.29, 0.717) is 28.3 Å². The van der Waals surface area contributed by atoms with Gasteiger partial charge in [-0.25, -0.2) is 4.68 Å². The van der Waals surface area contributed by atoms with Crippen LogP contribution in [0.3, 0.4) is 0 Å². The number of hydrogen-bond acceptors (Lipinski definition) is 3. The van der Waals surface area contributed by atoms with Crippen molar-refractivity contribution in [3.8, 4) is 0 Å². The van der Waals surface area contributed by atoms with Crippen LogP contribution in [-0.4, -0.2) is 10.5 Å². The van der Waals surface area contributed by atoms with Gasteiger partial charge in [0.25, 0.3) is 5.56 Å². The molecule has 0 radical (unpaired) electrons. The van der Waals surface area contributed by atoms with Crippen LogP contribution in [0, 0.1) is 0 Å². The fourth-order valence-electron chi connectivity index (χ4n) is 1.98. The molecule has 2 rings (SSSR count). The van der Waals surface area contributed by atoms with Gasteiger partial charge in [-0.15, -0.1) is 0 Å². The summed E-state index contributed by atoms with van der Waals surface area (Å²) in [6.45, 7) is 1.82. The minimum Gasteiger partial charge on any atom is -0.336 e. The Balaban J connectivity index is 2.59. The molecule has 6 heteroatoms. The Labute approximate surface area is 125 Å². The van der Waals surface area contributed by atoms with Gasteiger partial charge in [0.2, 0.25) is 0 Å². The maximum atomic E-state index is 12.5. The summed E-state index contributed by atoms with van der Waals surface area (Å²) >= 11 is 11.8. The number of aromatic nitrogens is 1. The van der Waals surface area contributed by atoms with Gasteiger partial charge in [-0.05, 0) is 30.7 Å². The number of carbonyl (C=O) groups excluding carboxylic acids is 1. The summed E-state index contributed by atoms with van der Waals surface area (Å²) in [5.41, 5.74) is 0.789. The summed E-state index contributed by atoms with van der Waals surface area (Å²) in [7, 11) is 0. The molecule has 0 aliphatic heterocycles. The van der Waals surface area contributed by atoms with E-state index in [0.717, 1.165) is 4.68 Å². The summed E-state index contributed by atoms with van der Waals surface area (Å²) in [4.78, 5) is 24.0. The normalized spacial score (nSPS) is 10.6. The van der Waals surface area contributed by atoms with Crippen molar-refractivity contribution in [1.82, 2.24) is 4.68 Å². The summed E-state index contributed by atoms with van der Waals surface area (Å²) < 4.78 is 0.983. The van der Waals surface area contributed by atoms with E-state index in [1.165, 1.54) is 18.2 Å². The lowest BCUT2D eigenvalue weighted by Crippen LogP contribution is -2.31. The zero-order valence-corrected chi connectivity index (χ0v) is 12.2. The lowest BCUT2D eigenvalue weighted by Gasteiger charge is -2.11. The molecule has 0 amide bonds. The van der Waals surface area contributed by atoms with Gasteiger partial charge in [0.05, 0.1) is 10.7 Å². The number of halogens is 2. The molecule has 104 valence electrons. The quantitative estimate of drug-likeness (QED) is 0.700. The molecule has 0 spiro atoms. The highest BCUT2D eigenvalue weighted by molar-refractivity contribution is 6.37. The van der Waals surface area contributed by atoms with Gasteiger partial charge in [-0.1, -0.05) is 30.1 Å². The van der Waals surface area contributed by atoms with Crippen LogP contribution in [0.5, 0.6) is 0 Å². The van der Waals surface area contributed by atoms with Crippen LogP contribution < -0.4 is 11.4 Å². The van der Waals surface area contributed by atoms with Crippen molar-refractivity contribution in [2.24, 2.45) is 0 Å². The van der Waals surface area contributed by atoms with Crippen LogP contribution in [0.15, 0.2) is 35.1 Å². The van der Waals surface area contributed by atoms with Crippen molar-refractivity contribution in [1.29, 1.82) is 0 Å². The molecule has 0 saturated carbocycles. The smallest absolute Gasteiger partial charge is 0.268 e. The Morgan fingerprint density at radius 2 is 1.85 bits per heavy atom.